The van der Waals surface area contributed by atoms with Crippen LogP contribution in [0.5, 0.6) is 0 Å². The van der Waals surface area contributed by atoms with Crippen LogP contribution in [0.2, 0.25) is 0 Å². The first-order chi connectivity index (χ1) is 15.9. The number of carbonyl (C=O) groups is 1. The fourth-order valence-corrected chi connectivity index (χ4v) is 5.76. The molecule has 0 spiro atoms. The maximum Gasteiger partial charge on any atom is 0.243 e. The third kappa shape index (κ3) is 5.92. The van der Waals surface area contributed by atoms with Gasteiger partial charge in [-0.2, -0.15) is 4.31 Å². The van der Waals surface area contributed by atoms with Gasteiger partial charge in [-0.15, -0.1) is 0 Å². The van der Waals surface area contributed by atoms with E-state index < -0.39 is 10.0 Å². The number of nitrogens with one attached hydrogen (secondary N) is 1. The van der Waals surface area contributed by atoms with Gasteiger partial charge in [-0.05, 0) is 55.8 Å². The van der Waals surface area contributed by atoms with Crippen molar-refractivity contribution in [3.8, 4) is 0 Å². The zero-order valence-electron chi connectivity index (χ0n) is 19.1. The van der Waals surface area contributed by atoms with Crippen molar-refractivity contribution in [2.75, 3.05) is 63.2 Å². The van der Waals surface area contributed by atoms with Crippen LogP contribution in [0.3, 0.4) is 0 Å². The molecule has 0 atom stereocenters. The molecule has 2 aliphatic heterocycles. The lowest BCUT2D eigenvalue weighted by Crippen LogP contribution is -2.40. The molecule has 2 heterocycles. The monoisotopic (exact) mass is 472 g/mol. The van der Waals surface area contributed by atoms with Crippen molar-refractivity contribution >= 4 is 27.3 Å². The van der Waals surface area contributed by atoms with Gasteiger partial charge in [-0.1, -0.05) is 18.2 Å². The Hall–Kier alpha value is -2.46. The summed E-state index contributed by atoms with van der Waals surface area (Å²) in [4.78, 5) is 17.2. The van der Waals surface area contributed by atoms with E-state index in [1.54, 1.807) is 12.1 Å². The molecule has 2 aliphatic rings. The first-order valence-electron chi connectivity index (χ1n) is 11.4. The molecule has 178 valence electrons. The molecule has 0 aliphatic carbocycles. The van der Waals surface area contributed by atoms with Crippen molar-refractivity contribution in [2.45, 2.75) is 24.3 Å². The minimum atomic E-state index is -3.54. The Balaban J connectivity index is 1.32. The molecular weight excluding hydrogens is 440 g/mol. The quantitative estimate of drug-likeness (QED) is 0.635. The molecule has 0 radical (unpaired) electrons. The zero-order valence-corrected chi connectivity index (χ0v) is 19.9. The van der Waals surface area contributed by atoms with Crippen molar-refractivity contribution < 1.29 is 17.9 Å². The molecule has 0 aromatic heterocycles. The smallest absolute Gasteiger partial charge is 0.243 e. The van der Waals surface area contributed by atoms with Gasteiger partial charge < -0.3 is 15.0 Å². The van der Waals surface area contributed by atoms with Crippen molar-refractivity contribution in [1.82, 2.24) is 9.21 Å². The zero-order chi connectivity index (χ0) is 23.3. The maximum absolute atomic E-state index is 12.7. The molecule has 0 bridgehead atoms. The molecule has 4 rings (SSSR count). The standard InChI is InChI=1S/C24H32N4O4S/c1-26(18-20-6-2-3-7-23(20)27-12-4-5-13-27)19-24(29)25-21-8-10-22(11-9-21)33(30,31)28-14-16-32-17-15-28/h2-3,6-11H,4-5,12-19H2,1H3,(H,25,29). The molecule has 0 unspecified atom stereocenters. The van der Waals surface area contributed by atoms with Crippen molar-refractivity contribution in [2.24, 2.45) is 0 Å². The van der Waals surface area contributed by atoms with E-state index >= 15 is 0 Å². The van der Waals surface area contributed by atoms with Crippen molar-refractivity contribution in [1.29, 1.82) is 0 Å². The number of carbonyl (C=O) groups excluding carboxylic acids is 1. The highest BCUT2D eigenvalue weighted by molar-refractivity contribution is 7.89. The van der Waals surface area contributed by atoms with E-state index in [9.17, 15) is 13.2 Å². The minimum absolute atomic E-state index is 0.139. The van der Waals surface area contributed by atoms with Crippen molar-refractivity contribution in [3.05, 3.63) is 54.1 Å². The summed E-state index contributed by atoms with van der Waals surface area (Å²) in [5.74, 6) is -0.139. The number of benzene rings is 2. The topological polar surface area (TPSA) is 82.2 Å². The van der Waals surface area contributed by atoms with Gasteiger partial charge >= 0.3 is 0 Å². The van der Waals surface area contributed by atoms with Crippen LogP contribution >= 0.6 is 0 Å². The molecule has 33 heavy (non-hydrogen) atoms. The summed E-state index contributed by atoms with van der Waals surface area (Å²) in [6, 6.07) is 14.7. The summed E-state index contributed by atoms with van der Waals surface area (Å²) in [7, 11) is -1.61. The molecule has 2 aromatic carbocycles. The first kappa shape index (κ1) is 23.7. The van der Waals surface area contributed by atoms with E-state index in [-0.39, 0.29) is 17.3 Å². The van der Waals surface area contributed by atoms with Crippen LogP contribution in [0.15, 0.2) is 53.4 Å². The second-order valence-corrected chi connectivity index (χ2v) is 10.5. The number of ether oxygens (including phenoxy) is 1. The van der Waals surface area contributed by atoms with Crippen LogP contribution in [-0.4, -0.2) is 76.5 Å². The Bertz CT molecular complexity index is 1050. The van der Waals surface area contributed by atoms with Gasteiger partial charge in [0, 0.05) is 44.1 Å². The molecule has 2 fully saturated rings. The second kappa shape index (κ2) is 10.6. The summed E-state index contributed by atoms with van der Waals surface area (Å²) in [5, 5.41) is 2.87. The summed E-state index contributed by atoms with van der Waals surface area (Å²) in [5.41, 5.74) is 3.04. The molecule has 9 heteroatoms. The van der Waals surface area contributed by atoms with Gasteiger partial charge in [-0.3, -0.25) is 9.69 Å². The number of anilines is 2. The van der Waals surface area contributed by atoms with Crippen LogP contribution in [0.25, 0.3) is 0 Å². The molecule has 1 N–H and O–H groups in total. The number of hydrogen-bond donors (Lipinski definition) is 1. The summed E-state index contributed by atoms with van der Waals surface area (Å²) < 4.78 is 32.1. The number of amides is 1. The van der Waals surface area contributed by atoms with Gasteiger partial charge in [0.05, 0.1) is 24.7 Å². The Kier molecular flexibility index (Phi) is 7.64. The number of hydrogen-bond acceptors (Lipinski definition) is 6. The van der Waals surface area contributed by atoms with Gasteiger partial charge in [-0.25, -0.2) is 8.42 Å². The third-order valence-corrected chi connectivity index (χ3v) is 7.95. The lowest BCUT2D eigenvalue weighted by atomic mass is 10.1. The van der Waals surface area contributed by atoms with Crippen LogP contribution < -0.4 is 10.2 Å². The Labute approximate surface area is 196 Å². The molecule has 2 saturated heterocycles. The average molecular weight is 473 g/mol. The Morgan fingerprint density at radius 1 is 1.00 bits per heavy atom. The summed E-state index contributed by atoms with van der Waals surface area (Å²) in [6.07, 6.45) is 2.44. The molecule has 0 saturated carbocycles. The predicted molar refractivity (Wildman–Crippen MR) is 129 cm³/mol. The average Bonchev–Trinajstić information content (AvgIpc) is 3.35. The Morgan fingerprint density at radius 2 is 1.67 bits per heavy atom. The first-order valence-corrected chi connectivity index (χ1v) is 12.9. The summed E-state index contributed by atoms with van der Waals surface area (Å²) >= 11 is 0. The number of nitrogens with zero attached hydrogens (tertiary/aromatic N) is 3. The van der Waals surface area contributed by atoms with Gasteiger partial charge in [0.15, 0.2) is 0 Å². The molecule has 2 aromatic rings. The lowest BCUT2D eigenvalue weighted by molar-refractivity contribution is -0.117. The van der Waals surface area contributed by atoms with E-state index in [1.807, 2.05) is 18.0 Å². The molecule has 8 nitrogen and oxygen atoms in total. The number of morpholine rings is 1. The van der Waals surface area contributed by atoms with E-state index in [0.717, 1.165) is 13.1 Å². The Morgan fingerprint density at radius 3 is 2.36 bits per heavy atom. The number of sulfonamides is 1. The fraction of sp³-hybridized carbons (Fsp3) is 0.458. The minimum Gasteiger partial charge on any atom is -0.379 e. The number of likely N-dealkylation sites (N-methyl/N-ethyl adjacent to an activating group) is 1. The van der Waals surface area contributed by atoms with Crippen LogP contribution in [0.4, 0.5) is 11.4 Å². The number of para-hydroxylation sites is 1. The molecule has 1 amide bonds. The fourth-order valence-electron chi connectivity index (χ4n) is 4.35. The lowest BCUT2D eigenvalue weighted by Gasteiger charge is -2.26. The van der Waals surface area contributed by atoms with Crippen LogP contribution in [0, 0.1) is 0 Å². The second-order valence-electron chi connectivity index (χ2n) is 8.58. The predicted octanol–water partition coefficient (Wildman–Crippen LogP) is 2.38. The normalized spacial score (nSPS) is 17.5. The molecular formula is C24H32N4O4S. The highest BCUT2D eigenvalue weighted by Gasteiger charge is 2.26. The maximum atomic E-state index is 12.7. The van der Waals surface area contributed by atoms with Gasteiger partial charge in [0.25, 0.3) is 0 Å². The third-order valence-electron chi connectivity index (χ3n) is 6.04. The van der Waals surface area contributed by atoms with E-state index in [1.165, 1.54) is 40.5 Å². The van der Waals surface area contributed by atoms with Crippen LogP contribution in [0.1, 0.15) is 18.4 Å². The van der Waals surface area contributed by atoms with E-state index in [4.69, 9.17) is 4.74 Å². The largest absolute Gasteiger partial charge is 0.379 e. The number of rotatable bonds is 8. The van der Waals surface area contributed by atoms with Gasteiger partial charge in [0.2, 0.25) is 15.9 Å². The van der Waals surface area contributed by atoms with E-state index in [0.29, 0.717) is 38.5 Å². The van der Waals surface area contributed by atoms with Gasteiger partial charge in [0.1, 0.15) is 0 Å². The van der Waals surface area contributed by atoms with E-state index in [2.05, 4.69) is 28.4 Å². The highest BCUT2D eigenvalue weighted by Crippen LogP contribution is 2.25. The SMILES string of the molecule is CN(CC(=O)Nc1ccc(S(=O)(=O)N2CCOCC2)cc1)Cc1ccccc1N1CCCC1. The summed E-state index contributed by atoms with van der Waals surface area (Å²) in [6.45, 7) is 4.60. The van der Waals surface area contributed by atoms with Crippen LogP contribution in [-0.2, 0) is 26.1 Å². The van der Waals surface area contributed by atoms with Crippen molar-refractivity contribution in [3.63, 3.8) is 0 Å². The highest BCUT2D eigenvalue weighted by atomic mass is 32.2.